The molecule has 1 N–H and O–H groups in total. The summed E-state index contributed by atoms with van der Waals surface area (Å²) in [5, 5.41) is 2.82. The molecule has 0 aliphatic carbocycles. The topological polar surface area (TPSA) is 160 Å². The van der Waals surface area contributed by atoms with Crippen LogP contribution in [0.5, 0.6) is 0 Å². The van der Waals surface area contributed by atoms with Gasteiger partial charge in [0.25, 0.3) is 0 Å². The Balaban J connectivity index is 1.58. The summed E-state index contributed by atoms with van der Waals surface area (Å²) in [6.07, 6.45) is 2.37. The molecule has 0 spiro atoms. The SMILES string of the molecule is COC(=O)c1cccc(CN2CCOCCOCCN(Cc3cccc(C(=O)OC)n3)CCO[C@H](CSCCCCCNC(=O)OC(C)(C)C)COCC2)n1. The van der Waals surface area contributed by atoms with Crippen molar-refractivity contribution in [2.24, 2.45) is 0 Å². The molecule has 1 fully saturated rings. The molecule has 3 heterocycles. The van der Waals surface area contributed by atoms with Crippen LogP contribution in [-0.2, 0) is 46.2 Å². The molecule has 0 bridgehead atoms. The summed E-state index contributed by atoms with van der Waals surface area (Å²) in [7, 11) is 2.69. The van der Waals surface area contributed by atoms with E-state index >= 15 is 0 Å². The van der Waals surface area contributed by atoms with Crippen molar-refractivity contribution in [3.05, 3.63) is 59.2 Å². The van der Waals surface area contributed by atoms with E-state index in [4.69, 9.17) is 33.2 Å². The molecule has 1 amide bonds. The second-order valence-electron chi connectivity index (χ2n) is 13.9. The molecule has 0 unspecified atom stereocenters. The van der Waals surface area contributed by atoms with Gasteiger partial charge in [-0.3, -0.25) is 9.80 Å². The molecule has 2 aromatic rings. The lowest BCUT2D eigenvalue weighted by Crippen LogP contribution is -2.35. The van der Waals surface area contributed by atoms with Gasteiger partial charge in [0.1, 0.15) is 17.0 Å². The molecule has 1 aliphatic heterocycles. The Morgan fingerprint density at radius 1 is 0.764 bits per heavy atom. The van der Waals surface area contributed by atoms with Crippen molar-refractivity contribution < 1.29 is 47.5 Å². The van der Waals surface area contributed by atoms with E-state index in [0.29, 0.717) is 92.1 Å². The van der Waals surface area contributed by atoms with Crippen LogP contribution in [-0.4, -0.2) is 154 Å². The van der Waals surface area contributed by atoms with Crippen molar-refractivity contribution in [2.75, 3.05) is 105 Å². The molecule has 16 heteroatoms. The van der Waals surface area contributed by atoms with E-state index in [1.165, 1.54) is 14.2 Å². The van der Waals surface area contributed by atoms with Gasteiger partial charge in [0.05, 0.1) is 78.0 Å². The average molecular weight is 792 g/mol. The zero-order chi connectivity index (χ0) is 39.7. The number of hydrogen-bond acceptors (Lipinski definition) is 15. The Morgan fingerprint density at radius 2 is 1.31 bits per heavy atom. The number of amides is 1. The smallest absolute Gasteiger partial charge is 0.407 e. The zero-order valence-corrected chi connectivity index (χ0v) is 34.1. The van der Waals surface area contributed by atoms with Crippen molar-refractivity contribution in [1.29, 1.82) is 0 Å². The third kappa shape index (κ3) is 20.4. The minimum absolute atomic E-state index is 0.133. The lowest BCUT2D eigenvalue weighted by molar-refractivity contribution is -0.0238. The predicted octanol–water partition coefficient (Wildman–Crippen LogP) is 4.23. The summed E-state index contributed by atoms with van der Waals surface area (Å²) in [6.45, 7) is 13.0. The monoisotopic (exact) mass is 791 g/mol. The number of rotatable bonds is 14. The fourth-order valence-corrected chi connectivity index (χ4v) is 6.44. The third-order valence-electron chi connectivity index (χ3n) is 8.20. The molecule has 1 aliphatic rings. The zero-order valence-electron chi connectivity index (χ0n) is 33.3. The number of nitrogens with one attached hydrogen (secondary N) is 1. The van der Waals surface area contributed by atoms with E-state index in [1.54, 1.807) is 24.3 Å². The van der Waals surface area contributed by atoms with Crippen molar-refractivity contribution in [3.8, 4) is 0 Å². The Kier molecular flexibility index (Phi) is 22.1. The van der Waals surface area contributed by atoms with Crippen LogP contribution in [0.4, 0.5) is 4.79 Å². The maximum absolute atomic E-state index is 12.1. The Hall–Kier alpha value is -3.38. The molecule has 15 nitrogen and oxygen atoms in total. The highest BCUT2D eigenvalue weighted by Crippen LogP contribution is 2.13. The number of thioether (sulfide) groups is 1. The lowest BCUT2D eigenvalue weighted by atomic mass is 10.2. The first kappa shape index (κ1) is 46.0. The summed E-state index contributed by atoms with van der Waals surface area (Å²) in [5.41, 5.74) is 1.53. The van der Waals surface area contributed by atoms with Gasteiger partial charge in [0, 0.05) is 51.6 Å². The van der Waals surface area contributed by atoms with Crippen molar-refractivity contribution in [3.63, 3.8) is 0 Å². The molecule has 0 radical (unpaired) electrons. The normalized spacial score (nSPS) is 17.7. The molecule has 0 aromatic carbocycles. The van der Waals surface area contributed by atoms with Crippen LogP contribution in [0.15, 0.2) is 36.4 Å². The number of pyridine rings is 2. The number of carbonyl (C=O) groups is 3. The second kappa shape index (κ2) is 26.5. The maximum atomic E-state index is 12.1. The van der Waals surface area contributed by atoms with Gasteiger partial charge in [0.15, 0.2) is 0 Å². The van der Waals surface area contributed by atoms with Gasteiger partial charge in [0.2, 0.25) is 0 Å². The van der Waals surface area contributed by atoms with Gasteiger partial charge in [-0.2, -0.15) is 11.8 Å². The summed E-state index contributed by atoms with van der Waals surface area (Å²) < 4.78 is 39.5. The van der Waals surface area contributed by atoms with Crippen LogP contribution in [0.3, 0.4) is 0 Å². The van der Waals surface area contributed by atoms with E-state index in [2.05, 4.69) is 25.1 Å². The summed E-state index contributed by atoms with van der Waals surface area (Å²) >= 11 is 1.83. The molecule has 3 rings (SSSR count). The molecule has 0 saturated carbocycles. The number of esters is 2. The van der Waals surface area contributed by atoms with Crippen molar-refractivity contribution in [2.45, 2.75) is 64.8 Å². The highest BCUT2D eigenvalue weighted by Gasteiger charge is 2.17. The summed E-state index contributed by atoms with van der Waals surface area (Å²) in [5.74, 6) is 0.783. The summed E-state index contributed by atoms with van der Waals surface area (Å²) in [4.78, 5) is 49.4. The van der Waals surface area contributed by atoms with Crippen LogP contribution < -0.4 is 5.32 Å². The van der Waals surface area contributed by atoms with Crippen LogP contribution >= 0.6 is 11.8 Å². The van der Waals surface area contributed by atoms with Crippen molar-refractivity contribution in [1.82, 2.24) is 25.1 Å². The first-order valence-electron chi connectivity index (χ1n) is 19.0. The first-order valence-corrected chi connectivity index (χ1v) is 20.1. The fraction of sp³-hybridized carbons (Fsp3) is 0.667. The fourth-order valence-electron chi connectivity index (χ4n) is 5.41. The molecular weight excluding hydrogens is 731 g/mol. The molecular formula is C39H61N5O10S. The van der Waals surface area contributed by atoms with E-state index in [9.17, 15) is 14.4 Å². The van der Waals surface area contributed by atoms with Crippen LogP contribution in [0.2, 0.25) is 0 Å². The number of ether oxygens (including phenoxy) is 7. The molecule has 55 heavy (non-hydrogen) atoms. The number of unbranched alkanes of at least 4 members (excludes halogenated alkanes) is 2. The van der Waals surface area contributed by atoms with Gasteiger partial charge in [-0.15, -0.1) is 0 Å². The lowest BCUT2D eigenvalue weighted by Gasteiger charge is -2.25. The molecule has 2 aromatic heterocycles. The summed E-state index contributed by atoms with van der Waals surface area (Å²) in [6, 6.07) is 10.7. The molecule has 1 atom stereocenters. The van der Waals surface area contributed by atoms with Gasteiger partial charge in [-0.1, -0.05) is 18.6 Å². The van der Waals surface area contributed by atoms with E-state index in [1.807, 2.05) is 44.7 Å². The molecule has 308 valence electrons. The van der Waals surface area contributed by atoms with Gasteiger partial charge >= 0.3 is 18.0 Å². The standard InChI is InChI=1S/C39H61N5O10S/c1-39(2,3)54-38(47)40-15-7-6-8-26-55-30-33-29-52-22-18-43(27-31-11-9-13-34(41-31)36(45)48-4)16-20-50-24-25-51-21-17-44(19-23-53-33)28-32-12-10-14-35(42-32)37(46)49-5/h9-14,33H,6-8,15-30H2,1-5H3,(H,40,47)/t33-/m0/s1. The quantitative estimate of drug-likeness (QED) is 0.164. The van der Waals surface area contributed by atoms with Gasteiger partial charge in [-0.25, -0.2) is 24.4 Å². The number of nitrogens with zero attached hydrogens (tertiary/aromatic N) is 4. The van der Waals surface area contributed by atoms with E-state index in [0.717, 1.165) is 42.2 Å². The minimum atomic E-state index is -0.511. The van der Waals surface area contributed by atoms with E-state index < -0.39 is 17.5 Å². The van der Waals surface area contributed by atoms with Crippen molar-refractivity contribution >= 4 is 29.8 Å². The van der Waals surface area contributed by atoms with Gasteiger partial charge < -0.3 is 38.5 Å². The molecule has 1 saturated heterocycles. The third-order valence-corrected chi connectivity index (χ3v) is 9.39. The van der Waals surface area contributed by atoms with Crippen LogP contribution in [0.25, 0.3) is 0 Å². The largest absolute Gasteiger partial charge is 0.464 e. The Morgan fingerprint density at radius 3 is 1.85 bits per heavy atom. The number of alkyl carbamates (subject to hydrolysis) is 1. The maximum Gasteiger partial charge on any atom is 0.407 e. The number of hydrogen-bond donors (Lipinski definition) is 1. The predicted molar refractivity (Wildman–Crippen MR) is 209 cm³/mol. The minimum Gasteiger partial charge on any atom is -0.464 e. The number of aromatic nitrogens is 2. The van der Waals surface area contributed by atoms with Gasteiger partial charge in [-0.05, 0) is 63.6 Å². The van der Waals surface area contributed by atoms with Crippen LogP contribution in [0.1, 0.15) is 72.4 Å². The van der Waals surface area contributed by atoms with E-state index in [-0.39, 0.29) is 23.6 Å². The van der Waals surface area contributed by atoms with Crippen LogP contribution in [0, 0.1) is 0 Å². The highest BCUT2D eigenvalue weighted by atomic mass is 32.2. The second-order valence-corrected chi connectivity index (χ2v) is 15.1. The Labute approximate surface area is 330 Å². The number of carbonyl (C=O) groups excluding carboxylic acids is 3. The first-order chi connectivity index (χ1) is 26.6. The Bertz CT molecular complexity index is 1420. The highest BCUT2D eigenvalue weighted by molar-refractivity contribution is 7.99. The average Bonchev–Trinajstić information content (AvgIpc) is 3.16. The number of methoxy groups -OCH3 is 2.